The number of alkyl halides is 3. The second-order valence-corrected chi connectivity index (χ2v) is 10.0. The fraction of sp³-hybridized carbons (Fsp3) is 0.435. The molecule has 1 saturated carbocycles. The van der Waals surface area contributed by atoms with Crippen LogP contribution in [0.4, 0.5) is 13.2 Å². The maximum absolute atomic E-state index is 12.8. The van der Waals surface area contributed by atoms with Gasteiger partial charge >= 0.3 is 6.18 Å². The summed E-state index contributed by atoms with van der Waals surface area (Å²) in [6.07, 6.45) is -3.59. The zero-order valence-corrected chi connectivity index (χ0v) is 18.9. The van der Waals surface area contributed by atoms with Crippen LogP contribution >= 0.6 is 0 Å². The summed E-state index contributed by atoms with van der Waals surface area (Å²) < 4.78 is 65.7. The molecule has 2 aromatic carbocycles. The van der Waals surface area contributed by atoms with Crippen LogP contribution in [0.15, 0.2) is 59.5 Å². The van der Waals surface area contributed by atoms with E-state index in [0.717, 1.165) is 29.8 Å². The minimum atomic E-state index is -4.54. The normalized spacial score (nSPS) is 21.2. The Labute approximate surface area is 191 Å². The standard InChI is InChI=1S/C23H27F3N2O4S/c1-15(29)21(16-5-3-2-4-6-16)27-22(30)17-7-11-19(12-8-17)28-33(31,32)20-13-9-18(10-14-20)23(24,25)26/h2-6,9-10,13-15,17,19,21,28-29H,7-8,11-12H2,1H3,(H,27,30)/t15-,17-,19-,21-/m1/s1. The lowest BCUT2D eigenvalue weighted by molar-refractivity contribution is -0.137. The van der Waals surface area contributed by atoms with Gasteiger partial charge in [-0.05, 0) is 62.4 Å². The third kappa shape index (κ3) is 6.55. The van der Waals surface area contributed by atoms with Gasteiger partial charge in [-0.25, -0.2) is 13.1 Å². The Morgan fingerprint density at radius 3 is 2.09 bits per heavy atom. The number of aliphatic hydroxyl groups is 1. The zero-order chi connectivity index (χ0) is 24.2. The van der Waals surface area contributed by atoms with E-state index in [-0.39, 0.29) is 16.7 Å². The molecule has 0 unspecified atom stereocenters. The molecule has 6 nitrogen and oxygen atoms in total. The molecule has 3 rings (SSSR count). The van der Waals surface area contributed by atoms with Gasteiger partial charge in [-0.2, -0.15) is 13.2 Å². The third-order valence-electron chi connectivity index (χ3n) is 5.85. The topological polar surface area (TPSA) is 95.5 Å². The number of hydrogen-bond acceptors (Lipinski definition) is 4. The first-order valence-electron chi connectivity index (χ1n) is 10.7. The van der Waals surface area contributed by atoms with E-state index in [9.17, 15) is 31.5 Å². The van der Waals surface area contributed by atoms with Crippen LogP contribution in [0.5, 0.6) is 0 Å². The first kappa shape index (κ1) is 25.2. The molecule has 2 aromatic rings. The van der Waals surface area contributed by atoms with Crippen molar-refractivity contribution in [3.63, 3.8) is 0 Å². The molecule has 0 aromatic heterocycles. The third-order valence-corrected chi connectivity index (χ3v) is 7.39. The number of aliphatic hydroxyl groups excluding tert-OH is 1. The number of carbonyl (C=O) groups is 1. The summed E-state index contributed by atoms with van der Waals surface area (Å²) in [5.41, 5.74) is -0.127. The van der Waals surface area contributed by atoms with Crippen molar-refractivity contribution in [2.75, 3.05) is 0 Å². The van der Waals surface area contributed by atoms with E-state index in [2.05, 4.69) is 10.0 Å². The van der Waals surface area contributed by atoms with Crippen molar-refractivity contribution in [2.45, 2.75) is 61.9 Å². The number of nitrogens with one attached hydrogen (secondary N) is 2. The van der Waals surface area contributed by atoms with Crippen molar-refractivity contribution in [1.29, 1.82) is 0 Å². The van der Waals surface area contributed by atoms with E-state index in [4.69, 9.17) is 0 Å². The Morgan fingerprint density at radius 1 is 1.00 bits per heavy atom. The summed E-state index contributed by atoms with van der Waals surface area (Å²) in [6, 6.07) is 11.5. The van der Waals surface area contributed by atoms with Gasteiger partial charge in [-0.1, -0.05) is 30.3 Å². The van der Waals surface area contributed by atoms with E-state index >= 15 is 0 Å². The molecule has 0 spiro atoms. The van der Waals surface area contributed by atoms with Gasteiger partial charge < -0.3 is 10.4 Å². The van der Waals surface area contributed by atoms with Gasteiger partial charge in [-0.15, -0.1) is 0 Å². The molecule has 1 fully saturated rings. The average Bonchev–Trinajstić information content (AvgIpc) is 2.77. The van der Waals surface area contributed by atoms with Crippen molar-refractivity contribution in [2.24, 2.45) is 5.92 Å². The molecule has 0 saturated heterocycles. The van der Waals surface area contributed by atoms with Crippen LogP contribution in [0, 0.1) is 5.92 Å². The van der Waals surface area contributed by atoms with Crippen LogP contribution in [0.2, 0.25) is 0 Å². The minimum Gasteiger partial charge on any atom is -0.391 e. The van der Waals surface area contributed by atoms with Crippen molar-refractivity contribution < 1.29 is 31.5 Å². The number of halogens is 3. The molecule has 33 heavy (non-hydrogen) atoms. The highest BCUT2D eigenvalue weighted by molar-refractivity contribution is 7.89. The van der Waals surface area contributed by atoms with Crippen LogP contribution in [-0.2, 0) is 21.0 Å². The van der Waals surface area contributed by atoms with Gasteiger partial charge in [0, 0.05) is 12.0 Å². The number of sulfonamides is 1. The van der Waals surface area contributed by atoms with Crippen LogP contribution in [0.3, 0.4) is 0 Å². The van der Waals surface area contributed by atoms with E-state index < -0.39 is 40.0 Å². The molecular weight excluding hydrogens is 457 g/mol. The summed E-state index contributed by atoms with van der Waals surface area (Å²) in [7, 11) is -3.98. The number of carbonyl (C=O) groups excluding carboxylic acids is 1. The number of rotatable bonds is 7. The van der Waals surface area contributed by atoms with E-state index in [1.807, 2.05) is 30.3 Å². The predicted molar refractivity (Wildman–Crippen MR) is 117 cm³/mol. The molecule has 0 bridgehead atoms. The monoisotopic (exact) mass is 484 g/mol. The largest absolute Gasteiger partial charge is 0.416 e. The van der Waals surface area contributed by atoms with Crippen LogP contribution in [0.25, 0.3) is 0 Å². The van der Waals surface area contributed by atoms with Gasteiger partial charge in [0.25, 0.3) is 0 Å². The molecule has 3 N–H and O–H groups in total. The molecule has 10 heteroatoms. The molecule has 0 heterocycles. The predicted octanol–water partition coefficient (Wildman–Crippen LogP) is 3.78. The lowest BCUT2D eigenvalue weighted by Gasteiger charge is -2.30. The average molecular weight is 485 g/mol. The first-order valence-corrected chi connectivity index (χ1v) is 12.2. The number of hydrogen-bond donors (Lipinski definition) is 3. The molecule has 0 aliphatic heterocycles. The summed E-state index contributed by atoms with van der Waals surface area (Å²) >= 11 is 0. The highest BCUT2D eigenvalue weighted by Crippen LogP contribution is 2.30. The maximum atomic E-state index is 12.8. The molecule has 180 valence electrons. The molecule has 2 atom stereocenters. The molecule has 0 radical (unpaired) electrons. The second kappa shape index (κ2) is 10.2. The summed E-state index contributed by atoms with van der Waals surface area (Å²) in [6.45, 7) is 1.60. The maximum Gasteiger partial charge on any atom is 0.416 e. The lowest BCUT2D eigenvalue weighted by atomic mass is 9.85. The first-order chi connectivity index (χ1) is 15.5. The highest BCUT2D eigenvalue weighted by Gasteiger charge is 2.33. The SMILES string of the molecule is C[C@@H](O)[C@@H](NC(=O)[C@H]1CC[C@H](NS(=O)(=O)c2ccc(C(F)(F)F)cc2)CC1)c1ccccc1. The van der Waals surface area contributed by atoms with Gasteiger partial charge in [0.1, 0.15) is 0 Å². The van der Waals surface area contributed by atoms with Gasteiger partial charge in [0.15, 0.2) is 0 Å². The quantitative estimate of drug-likeness (QED) is 0.557. The van der Waals surface area contributed by atoms with Gasteiger partial charge in [0.05, 0.1) is 22.6 Å². The van der Waals surface area contributed by atoms with Gasteiger partial charge in [-0.3, -0.25) is 4.79 Å². The Balaban J connectivity index is 1.56. The summed E-state index contributed by atoms with van der Waals surface area (Å²) in [4.78, 5) is 12.5. The molecule has 1 amide bonds. The molecule has 1 aliphatic rings. The summed E-state index contributed by atoms with van der Waals surface area (Å²) in [5.74, 6) is -0.518. The Kier molecular flexibility index (Phi) is 7.81. The van der Waals surface area contributed by atoms with E-state index in [1.165, 1.54) is 0 Å². The Hall–Kier alpha value is -2.43. The minimum absolute atomic E-state index is 0.200. The number of amides is 1. The van der Waals surface area contributed by atoms with Crippen molar-refractivity contribution >= 4 is 15.9 Å². The van der Waals surface area contributed by atoms with Crippen molar-refractivity contribution in [3.8, 4) is 0 Å². The van der Waals surface area contributed by atoms with E-state index in [1.54, 1.807) is 6.92 Å². The van der Waals surface area contributed by atoms with Crippen molar-refractivity contribution in [1.82, 2.24) is 10.0 Å². The zero-order valence-electron chi connectivity index (χ0n) is 18.0. The summed E-state index contributed by atoms with van der Waals surface area (Å²) in [5, 5.41) is 13.0. The lowest BCUT2D eigenvalue weighted by Crippen LogP contribution is -2.43. The number of benzene rings is 2. The Bertz CT molecular complexity index is 1030. The molecular formula is C23H27F3N2O4S. The van der Waals surface area contributed by atoms with Gasteiger partial charge in [0.2, 0.25) is 15.9 Å². The smallest absolute Gasteiger partial charge is 0.391 e. The van der Waals surface area contributed by atoms with Crippen LogP contribution in [-0.4, -0.2) is 31.6 Å². The second-order valence-electron chi connectivity index (χ2n) is 8.33. The van der Waals surface area contributed by atoms with Crippen molar-refractivity contribution in [3.05, 3.63) is 65.7 Å². The highest BCUT2D eigenvalue weighted by atomic mass is 32.2. The molecule has 1 aliphatic carbocycles. The fourth-order valence-electron chi connectivity index (χ4n) is 4.00. The van der Waals surface area contributed by atoms with Crippen LogP contribution < -0.4 is 10.0 Å². The van der Waals surface area contributed by atoms with E-state index in [0.29, 0.717) is 25.7 Å². The fourth-order valence-corrected chi connectivity index (χ4v) is 5.30. The van der Waals surface area contributed by atoms with Crippen LogP contribution in [0.1, 0.15) is 49.8 Å². The Morgan fingerprint density at radius 2 is 1.58 bits per heavy atom.